The van der Waals surface area contributed by atoms with E-state index in [-0.39, 0.29) is 4.08 Å². The first-order valence-electron chi connectivity index (χ1n) is 7.20. The standard InChI is InChI=1S/C16H24O2S2/c1-4-15(16(2)19-10-5-11-20-16)18-12-13-6-8-14(17-3)9-7-13/h6-9,15H,4-5,10-12H2,1-3H3. The Kier molecular flexibility index (Phi) is 6.12. The zero-order valence-corrected chi connectivity index (χ0v) is 14.2. The summed E-state index contributed by atoms with van der Waals surface area (Å²) in [6.07, 6.45) is 2.69. The van der Waals surface area contributed by atoms with Crippen LogP contribution in [0, 0.1) is 0 Å². The first-order valence-corrected chi connectivity index (χ1v) is 9.17. The third kappa shape index (κ3) is 4.09. The van der Waals surface area contributed by atoms with E-state index in [1.165, 1.54) is 23.5 Å². The molecule has 0 saturated carbocycles. The van der Waals surface area contributed by atoms with Crippen molar-refractivity contribution in [3.63, 3.8) is 0 Å². The van der Waals surface area contributed by atoms with Crippen LogP contribution in [0.5, 0.6) is 5.75 Å². The second-order valence-electron chi connectivity index (χ2n) is 5.12. The van der Waals surface area contributed by atoms with Crippen molar-refractivity contribution in [2.75, 3.05) is 18.6 Å². The summed E-state index contributed by atoms with van der Waals surface area (Å²) in [4.78, 5) is 0. The highest BCUT2D eigenvalue weighted by Gasteiger charge is 2.36. The number of benzene rings is 1. The Morgan fingerprint density at radius 1 is 1.20 bits per heavy atom. The Balaban J connectivity index is 1.92. The van der Waals surface area contributed by atoms with Gasteiger partial charge < -0.3 is 9.47 Å². The lowest BCUT2D eigenvalue weighted by atomic mass is 10.2. The van der Waals surface area contributed by atoms with Gasteiger partial charge in [0.1, 0.15) is 5.75 Å². The van der Waals surface area contributed by atoms with E-state index in [0.717, 1.165) is 12.2 Å². The summed E-state index contributed by atoms with van der Waals surface area (Å²) < 4.78 is 11.6. The molecule has 0 radical (unpaired) electrons. The van der Waals surface area contributed by atoms with Gasteiger partial charge in [0.2, 0.25) is 0 Å². The molecule has 1 heterocycles. The highest BCUT2D eigenvalue weighted by molar-refractivity contribution is 8.18. The van der Waals surface area contributed by atoms with Gasteiger partial charge in [-0.3, -0.25) is 0 Å². The van der Waals surface area contributed by atoms with E-state index in [0.29, 0.717) is 12.7 Å². The molecule has 1 aliphatic rings. The second-order valence-corrected chi connectivity index (χ2v) is 8.47. The van der Waals surface area contributed by atoms with E-state index in [1.807, 2.05) is 12.1 Å². The topological polar surface area (TPSA) is 18.5 Å². The Labute approximate surface area is 131 Å². The fourth-order valence-corrected chi connectivity index (χ4v) is 5.64. The summed E-state index contributed by atoms with van der Waals surface area (Å²) in [6, 6.07) is 8.14. The monoisotopic (exact) mass is 312 g/mol. The van der Waals surface area contributed by atoms with Gasteiger partial charge in [0.05, 0.1) is 23.9 Å². The maximum Gasteiger partial charge on any atom is 0.118 e. The molecule has 20 heavy (non-hydrogen) atoms. The van der Waals surface area contributed by atoms with Gasteiger partial charge in [-0.15, -0.1) is 23.5 Å². The van der Waals surface area contributed by atoms with E-state index in [1.54, 1.807) is 7.11 Å². The number of rotatable bonds is 6. The van der Waals surface area contributed by atoms with Crippen molar-refractivity contribution >= 4 is 23.5 Å². The number of hydrogen-bond donors (Lipinski definition) is 0. The highest BCUT2D eigenvalue weighted by atomic mass is 32.2. The van der Waals surface area contributed by atoms with Gasteiger partial charge in [0.25, 0.3) is 0 Å². The van der Waals surface area contributed by atoms with Gasteiger partial charge in [0, 0.05) is 0 Å². The molecule has 112 valence electrons. The van der Waals surface area contributed by atoms with Crippen molar-refractivity contribution in [2.45, 2.75) is 43.5 Å². The molecule has 0 aliphatic carbocycles. The summed E-state index contributed by atoms with van der Waals surface area (Å²) in [5, 5.41) is 0. The molecule has 1 fully saturated rings. The smallest absolute Gasteiger partial charge is 0.118 e. The van der Waals surface area contributed by atoms with Crippen molar-refractivity contribution in [1.29, 1.82) is 0 Å². The number of ether oxygens (including phenoxy) is 2. The summed E-state index contributed by atoms with van der Waals surface area (Å²) >= 11 is 4.11. The van der Waals surface area contributed by atoms with Crippen LogP contribution in [0.1, 0.15) is 32.3 Å². The second kappa shape index (κ2) is 7.62. The first kappa shape index (κ1) is 16.1. The zero-order chi connectivity index (χ0) is 14.4. The van der Waals surface area contributed by atoms with Gasteiger partial charge in [-0.1, -0.05) is 19.1 Å². The molecule has 1 aromatic carbocycles. The van der Waals surface area contributed by atoms with Crippen LogP contribution in [0.4, 0.5) is 0 Å². The normalized spacial score (nSPS) is 19.6. The minimum Gasteiger partial charge on any atom is -0.497 e. The molecule has 2 nitrogen and oxygen atoms in total. The van der Waals surface area contributed by atoms with E-state index in [9.17, 15) is 0 Å². The zero-order valence-electron chi connectivity index (χ0n) is 12.6. The van der Waals surface area contributed by atoms with Crippen molar-refractivity contribution in [2.24, 2.45) is 0 Å². The predicted molar refractivity (Wildman–Crippen MR) is 89.8 cm³/mol. The maximum absolute atomic E-state index is 6.21. The van der Waals surface area contributed by atoms with Gasteiger partial charge in [-0.2, -0.15) is 0 Å². The predicted octanol–water partition coefficient (Wildman–Crippen LogP) is 4.58. The molecule has 4 heteroatoms. The minimum atomic E-state index is 0.208. The number of methoxy groups -OCH3 is 1. The highest BCUT2D eigenvalue weighted by Crippen LogP contribution is 2.46. The van der Waals surface area contributed by atoms with E-state index >= 15 is 0 Å². The Morgan fingerprint density at radius 2 is 1.85 bits per heavy atom. The molecule has 0 bridgehead atoms. The fourth-order valence-electron chi connectivity index (χ4n) is 2.39. The Bertz CT molecular complexity index is 399. The minimum absolute atomic E-state index is 0.208. The summed E-state index contributed by atoms with van der Waals surface area (Å²) in [7, 11) is 1.69. The Hall–Kier alpha value is -0.320. The van der Waals surface area contributed by atoms with Crippen LogP contribution in [-0.2, 0) is 11.3 Å². The molecule has 0 spiro atoms. The number of thioether (sulfide) groups is 2. The molecule has 1 unspecified atom stereocenters. The van der Waals surface area contributed by atoms with Crippen molar-refractivity contribution in [3.05, 3.63) is 29.8 Å². The summed E-state index contributed by atoms with van der Waals surface area (Å²) in [5.74, 6) is 3.41. The molecule has 0 N–H and O–H groups in total. The van der Waals surface area contributed by atoms with E-state index < -0.39 is 0 Å². The summed E-state index contributed by atoms with van der Waals surface area (Å²) in [6.45, 7) is 5.24. The number of hydrogen-bond acceptors (Lipinski definition) is 4. The first-order chi connectivity index (χ1) is 9.68. The van der Waals surface area contributed by atoms with Gasteiger partial charge in [0.15, 0.2) is 0 Å². The quantitative estimate of drug-likeness (QED) is 0.765. The average molecular weight is 313 g/mol. The molecule has 2 rings (SSSR count). The lowest BCUT2D eigenvalue weighted by molar-refractivity contribution is 0.0332. The molecule has 1 aromatic rings. The van der Waals surface area contributed by atoms with Crippen molar-refractivity contribution in [1.82, 2.24) is 0 Å². The van der Waals surface area contributed by atoms with Crippen LogP contribution in [0.15, 0.2) is 24.3 Å². The molecule has 1 atom stereocenters. The maximum atomic E-state index is 6.21. The van der Waals surface area contributed by atoms with Gasteiger partial charge in [-0.25, -0.2) is 0 Å². The molecule has 1 aliphatic heterocycles. The lowest BCUT2D eigenvalue weighted by Gasteiger charge is -2.38. The average Bonchev–Trinajstić information content (AvgIpc) is 2.49. The van der Waals surface area contributed by atoms with Crippen LogP contribution in [0.25, 0.3) is 0 Å². The van der Waals surface area contributed by atoms with Gasteiger partial charge in [-0.05, 0) is 49.0 Å². The lowest BCUT2D eigenvalue weighted by Crippen LogP contribution is -2.37. The van der Waals surface area contributed by atoms with E-state index in [4.69, 9.17) is 9.47 Å². The largest absolute Gasteiger partial charge is 0.497 e. The van der Waals surface area contributed by atoms with Gasteiger partial charge >= 0.3 is 0 Å². The Morgan fingerprint density at radius 3 is 2.40 bits per heavy atom. The van der Waals surface area contributed by atoms with Crippen LogP contribution in [0.3, 0.4) is 0 Å². The fraction of sp³-hybridized carbons (Fsp3) is 0.625. The molecule has 1 saturated heterocycles. The third-order valence-electron chi connectivity index (χ3n) is 3.63. The third-order valence-corrected chi connectivity index (χ3v) is 7.00. The van der Waals surface area contributed by atoms with Crippen LogP contribution < -0.4 is 4.74 Å². The SMILES string of the molecule is CCC(OCc1ccc(OC)cc1)C1(C)SCCCS1. The van der Waals surface area contributed by atoms with Crippen molar-refractivity contribution < 1.29 is 9.47 Å². The molecular weight excluding hydrogens is 288 g/mol. The molecule has 0 aromatic heterocycles. The van der Waals surface area contributed by atoms with E-state index in [2.05, 4.69) is 49.5 Å². The van der Waals surface area contributed by atoms with Crippen molar-refractivity contribution in [3.8, 4) is 5.75 Å². The summed E-state index contributed by atoms with van der Waals surface area (Å²) in [5.41, 5.74) is 1.21. The van der Waals surface area contributed by atoms with Crippen LogP contribution in [0.2, 0.25) is 0 Å². The molecule has 0 amide bonds. The van der Waals surface area contributed by atoms with Crippen LogP contribution in [-0.4, -0.2) is 28.8 Å². The molecular formula is C16H24O2S2. The van der Waals surface area contributed by atoms with Crippen LogP contribution >= 0.6 is 23.5 Å².